The van der Waals surface area contributed by atoms with E-state index >= 15 is 0 Å². The average Bonchev–Trinajstić information content (AvgIpc) is 2.95. The van der Waals surface area contributed by atoms with Crippen LogP contribution in [0.2, 0.25) is 0 Å². The molecule has 1 aliphatic rings. The smallest absolute Gasteiger partial charge is 0.160 e. The van der Waals surface area contributed by atoms with E-state index in [0.29, 0.717) is 11.8 Å². The van der Waals surface area contributed by atoms with Crippen LogP contribution in [0.3, 0.4) is 0 Å². The van der Waals surface area contributed by atoms with E-state index in [1.807, 2.05) is 23.5 Å². The first-order valence-corrected chi connectivity index (χ1v) is 8.79. The van der Waals surface area contributed by atoms with Crippen molar-refractivity contribution in [1.29, 1.82) is 0 Å². The van der Waals surface area contributed by atoms with Crippen LogP contribution in [0.4, 0.5) is 0 Å². The van der Waals surface area contributed by atoms with Gasteiger partial charge in [-0.15, -0.1) is 11.3 Å². The minimum absolute atomic E-state index is 0.225. The Labute approximate surface area is 136 Å². The molecule has 0 saturated carbocycles. The van der Waals surface area contributed by atoms with Gasteiger partial charge in [-0.2, -0.15) is 0 Å². The van der Waals surface area contributed by atoms with Gasteiger partial charge in [0, 0.05) is 17.5 Å². The number of hydrogen-bond acceptors (Lipinski definition) is 4. The number of phenols is 1. The summed E-state index contributed by atoms with van der Waals surface area (Å²) in [4.78, 5) is 4.01. The Balaban J connectivity index is 1.79. The molecule has 1 saturated heterocycles. The number of aromatic hydroxyl groups is 1. The summed E-state index contributed by atoms with van der Waals surface area (Å²) in [7, 11) is 1.58. The molecule has 22 heavy (non-hydrogen) atoms. The fourth-order valence-electron chi connectivity index (χ4n) is 3.23. The molecule has 1 aromatic carbocycles. The molecule has 1 N–H and O–H groups in total. The first-order chi connectivity index (χ1) is 10.8. The number of thiophene rings is 1. The Morgan fingerprint density at radius 1 is 1.27 bits per heavy atom. The second-order valence-corrected chi connectivity index (χ2v) is 6.84. The summed E-state index contributed by atoms with van der Waals surface area (Å²) in [5.74, 6) is 0.761. The van der Waals surface area contributed by atoms with Gasteiger partial charge in [0.05, 0.1) is 7.11 Å². The Morgan fingerprint density at radius 2 is 2.18 bits per heavy atom. The lowest BCUT2D eigenvalue weighted by Crippen LogP contribution is -2.27. The van der Waals surface area contributed by atoms with Crippen LogP contribution < -0.4 is 4.74 Å². The predicted molar refractivity (Wildman–Crippen MR) is 90.6 cm³/mol. The predicted octanol–water partition coefficient (Wildman–Crippen LogP) is 4.58. The molecule has 1 atom stereocenters. The Morgan fingerprint density at radius 3 is 2.91 bits per heavy atom. The first kappa shape index (κ1) is 15.4. The summed E-state index contributed by atoms with van der Waals surface area (Å²) in [5.41, 5.74) is 1.14. The molecule has 1 aliphatic heterocycles. The van der Waals surface area contributed by atoms with E-state index in [9.17, 15) is 5.11 Å². The second kappa shape index (κ2) is 7.16. The standard InChI is InChI=1S/C18H23NO2S/c1-21-17-9-8-14(12-16(17)20)13-19-10-4-2-3-6-15(19)18-7-5-11-22-18/h5,7-9,11-12,15,20H,2-4,6,10,13H2,1H3/t15-/m0/s1. The maximum absolute atomic E-state index is 9.98. The lowest BCUT2D eigenvalue weighted by molar-refractivity contribution is 0.195. The number of benzene rings is 1. The third kappa shape index (κ3) is 3.45. The molecular formula is C18H23NO2S. The van der Waals surface area contributed by atoms with Gasteiger partial charge in [0.2, 0.25) is 0 Å². The van der Waals surface area contributed by atoms with Crippen molar-refractivity contribution in [3.05, 3.63) is 46.2 Å². The van der Waals surface area contributed by atoms with Crippen LogP contribution in [-0.4, -0.2) is 23.7 Å². The minimum atomic E-state index is 0.225. The van der Waals surface area contributed by atoms with E-state index < -0.39 is 0 Å². The topological polar surface area (TPSA) is 32.7 Å². The average molecular weight is 317 g/mol. The molecule has 118 valence electrons. The SMILES string of the molecule is COc1ccc(CN2CCCCC[C@H]2c2cccs2)cc1O. The number of rotatable bonds is 4. The van der Waals surface area contributed by atoms with Gasteiger partial charge in [0.15, 0.2) is 11.5 Å². The quantitative estimate of drug-likeness (QED) is 0.896. The van der Waals surface area contributed by atoms with Crippen LogP contribution in [0.5, 0.6) is 11.5 Å². The summed E-state index contributed by atoms with van der Waals surface area (Å²) >= 11 is 1.85. The van der Waals surface area contributed by atoms with E-state index in [1.165, 1.54) is 30.6 Å². The van der Waals surface area contributed by atoms with Crippen LogP contribution in [0.1, 0.15) is 42.2 Å². The zero-order chi connectivity index (χ0) is 15.4. The highest BCUT2D eigenvalue weighted by Gasteiger charge is 2.23. The van der Waals surface area contributed by atoms with Crippen molar-refractivity contribution >= 4 is 11.3 Å². The molecule has 0 bridgehead atoms. The van der Waals surface area contributed by atoms with Gasteiger partial charge in [0.25, 0.3) is 0 Å². The third-order valence-corrected chi connectivity index (χ3v) is 5.34. The molecule has 4 heteroatoms. The Hall–Kier alpha value is -1.52. The molecule has 3 nitrogen and oxygen atoms in total. The fraction of sp³-hybridized carbons (Fsp3) is 0.444. The van der Waals surface area contributed by atoms with Gasteiger partial charge in [-0.05, 0) is 48.5 Å². The molecule has 0 amide bonds. The van der Waals surface area contributed by atoms with Gasteiger partial charge in [-0.1, -0.05) is 25.0 Å². The highest BCUT2D eigenvalue weighted by molar-refractivity contribution is 7.10. The highest BCUT2D eigenvalue weighted by atomic mass is 32.1. The maximum atomic E-state index is 9.98. The monoisotopic (exact) mass is 317 g/mol. The zero-order valence-corrected chi connectivity index (χ0v) is 13.8. The Bertz CT molecular complexity index is 597. The van der Waals surface area contributed by atoms with Crippen molar-refractivity contribution in [2.45, 2.75) is 38.3 Å². The molecule has 3 rings (SSSR count). The summed E-state index contributed by atoms with van der Waals surface area (Å²) in [6.45, 7) is 2.00. The van der Waals surface area contributed by atoms with Gasteiger partial charge < -0.3 is 9.84 Å². The number of phenolic OH excluding ortho intramolecular Hbond substituents is 1. The van der Waals surface area contributed by atoms with E-state index in [4.69, 9.17) is 4.74 Å². The van der Waals surface area contributed by atoms with Crippen LogP contribution in [-0.2, 0) is 6.54 Å². The number of likely N-dealkylation sites (tertiary alicyclic amines) is 1. The Kier molecular flexibility index (Phi) is 5.01. The maximum Gasteiger partial charge on any atom is 0.160 e. The number of methoxy groups -OCH3 is 1. The summed E-state index contributed by atoms with van der Waals surface area (Å²) < 4.78 is 5.13. The molecule has 0 radical (unpaired) electrons. The lowest BCUT2D eigenvalue weighted by atomic mass is 10.1. The highest BCUT2D eigenvalue weighted by Crippen LogP contribution is 2.35. The van der Waals surface area contributed by atoms with Gasteiger partial charge in [-0.3, -0.25) is 4.90 Å². The zero-order valence-electron chi connectivity index (χ0n) is 13.0. The van der Waals surface area contributed by atoms with Crippen molar-refractivity contribution in [1.82, 2.24) is 4.90 Å². The molecule has 0 unspecified atom stereocenters. The van der Waals surface area contributed by atoms with E-state index in [0.717, 1.165) is 18.7 Å². The van der Waals surface area contributed by atoms with E-state index in [-0.39, 0.29) is 5.75 Å². The minimum Gasteiger partial charge on any atom is -0.504 e. The number of hydrogen-bond donors (Lipinski definition) is 1. The summed E-state index contributed by atoms with van der Waals surface area (Å²) in [6.07, 6.45) is 5.09. The van der Waals surface area contributed by atoms with Gasteiger partial charge in [0.1, 0.15) is 0 Å². The van der Waals surface area contributed by atoms with Gasteiger partial charge in [-0.25, -0.2) is 0 Å². The van der Waals surface area contributed by atoms with Crippen molar-refractivity contribution in [2.24, 2.45) is 0 Å². The van der Waals surface area contributed by atoms with E-state index in [2.05, 4.69) is 28.5 Å². The summed E-state index contributed by atoms with van der Waals surface area (Å²) in [5, 5.41) is 12.1. The van der Waals surface area contributed by atoms with Crippen molar-refractivity contribution in [2.75, 3.05) is 13.7 Å². The summed E-state index contributed by atoms with van der Waals surface area (Å²) in [6, 6.07) is 10.6. The van der Waals surface area contributed by atoms with Gasteiger partial charge >= 0.3 is 0 Å². The molecule has 0 aliphatic carbocycles. The van der Waals surface area contributed by atoms with Crippen LogP contribution in [0, 0.1) is 0 Å². The molecule has 2 aromatic rings. The van der Waals surface area contributed by atoms with Crippen LogP contribution in [0.25, 0.3) is 0 Å². The lowest BCUT2D eigenvalue weighted by Gasteiger charge is -2.29. The number of nitrogens with zero attached hydrogens (tertiary/aromatic N) is 1. The van der Waals surface area contributed by atoms with E-state index in [1.54, 1.807) is 7.11 Å². The second-order valence-electron chi connectivity index (χ2n) is 5.86. The molecular weight excluding hydrogens is 294 g/mol. The largest absolute Gasteiger partial charge is 0.504 e. The first-order valence-electron chi connectivity index (χ1n) is 7.91. The molecule has 1 fully saturated rings. The van der Waals surface area contributed by atoms with Crippen molar-refractivity contribution in [3.8, 4) is 11.5 Å². The molecule has 0 spiro atoms. The van der Waals surface area contributed by atoms with Crippen molar-refractivity contribution < 1.29 is 9.84 Å². The van der Waals surface area contributed by atoms with Crippen LogP contribution >= 0.6 is 11.3 Å². The fourth-order valence-corrected chi connectivity index (χ4v) is 4.12. The third-order valence-electron chi connectivity index (χ3n) is 4.36. The molecule has 2 heterocycles. The molecule has 1 aromatic heterocycles. The normalized spacial score (nSPS) is 19.8. The van der Waals surface area contributed by atoms with Crippen LogP contribution in [0.15, 0.2) is 35.7 Å². The van der Waals surface area contributed by atoms with Crippen molar-refractivity contribution in [3.63, 3.8) is 0 Å². The number of ether oxygens (including phenoxy) is 1.